The standard InChI is InChI=1S/C12H14BrFN4/c1-3-15-12(10-7-16-17-18(10)2)8-5-4-6-9(13)11(8)14/h4-7,12,15H,3H2,1-2H3. The molecule has 0 bridgehead atoms. The largest absolute Gasteiger partial charge is 0.305 e. The number of aryl methyl sites for hydroxylation is 1. The monoisotopic (exact) mass is 312 g/mol. The van der Waals surface area contributed by atoms with Gasteiger partial charge in [-0.3, -0.25) is 4.68 Å². The van der Waals surface area contributed by atoms with Crippen molar-refractivity contribution >= 4 is 15.9 Å². The van der Waals surface area contributed by atoms with Gasteiger partial charge in [0.1, 0.15) is 5.82 Å². The van der Waals surface area contributed by atoms with Gasteiger partial charge in [-0.2, -0.15) is 0 Å². The Morgan fingerprint density at radius 1 is 1.50 bits per heavy atom. The lowest BCUT2D eigenvalue weighted by molar-refractivity contribution is 0.528. The lowest BCUT2D eigenvalue weighted by Gasteiger charge is -2.19. The summed E-state index contributed by atoms with van der Waals surface area (Å²) in [4.78, 5) is 0. The minimum absolute atomic E-state index is 0.257. The molecule has 18 heavy (non-hydrogen) atoms. The molecular formula is C12H14BrFN4. The molecule has 0 amide bonds. The average molecular weight is 313 g/mol. The molecule has 0 aliphatic carbocycles. The first-order valence-corrected chi connectivity index (χ1v) is 6.46. The van der Waals surface area contributed by atoms with Gasteiger partial charge in [0.05, 0.1) is 22.4 Å². The van der Waals surface area contributed by atoms with Crippen LogP contribution in [0.4, 0.5) is 4.39 Å². The normalized spacial score (nSPS) is 12.7. The molecule has 1 N–H and O–H groups in total. The Hall–Kier alpha value is -1.27. The first kappa shape index (κ1) is 13.2. The molecule has 0 aliphatic heterocycles. The Morgan fingerprint density at radius 2 is 2.28 bits per heavy atom. The van der Waals surface area contributed by atoms with Gasteiger partial charge < -0.3 is 5.32 Å². The predicted octanol–water partition coefficient (Wildman–Crippen LogP) is 2.42. The molecule has 1 unspecified atom stereocenters. The second-order valence-electron chi connectivity index (χ2n) is 3.92. The summed E-state index contributed by atoms with van der Waals surface area (Å²) in [5.74, 6) is -0.260. The maximum atomic E-state index is 14.2. The van der Waals surface area contributed by atoms with Crippen molar-refractivity contribution in [1.82, 2.24) is 20.3 Å². The van der Waals surface area contributed by atoms with Gasteiger partial charge in [0.2, 0.25) is 0 Å². The van der Waals surface area contributed by atoms with E-state index in [1.54, 1.807) is 30.1 Å². The molecule has 0 saturated carbocycles. The predicted molar refractivity (Wildman–Crippen MR) is 70.6 cm³/mol. The third-order valence-electron chi connectivity index (χ3n) is 2.75. The number of nitrogens with zero attached hydrogens (tertiary/aromatic N) is 3. The molecule has 0 fully saturated rings. The van der Waals surface area contributed by atoms with Crippen LogP contribution in [0.2, 0.25) is 0 Å². The quantitative estimate of drug-likeness (QED) is 0.943. The molecule has 0 radical (unpaired) electrons. The summed E-state index contributed by atoms with van der Waals surface area (Å²) in [6.45, 7) is 2.70. The zero-order valence-electron chi connectivity index (χ0n) is 10.2. The molecule has 1 heterocycles. The topological polar surface area (TPSA) is 42.7 Å². The molecule has 0 aliphatic rings. The van der Waals surface area contributed by atoms with E-state index in [0.29, 0.717) is 10.0 Å². The molecule has 6 heteroatoms. The highest BCUT2D eigenvalue weighted by Crippen LogP contribution is 2.27. The van der Waals surface area contributed by atoms with Crippen LogP contribution in [-0.2, 0) is 7.05 Å². The van der Waals surface area contributed by atoms with E-state index in [4.69, 9.17) is 0 Å². The highest BCUT2D eigenvalue weighted by Gasteiger charge is 2.21. The number of halogens is 2. The minimum atomic E-state index is -0.260. The van der Waals surface area contributed by atoms with E-state index in [0.717, 1.165) is 12.2 Å². The number of aromatic nitrogens is 3. The van der Waals surface area contributed by atoms with Gasteiger partial charge in [-0.05, 0) is 28.5 Å². The molecule has 0 spiro atoms. The summed E-state index contributed by atoms with van der Waals surface area (Å²) in [5.41, 5.74) is 1.41. The summed E-state index contributed by atoms with van der Waals surface area (Å²) < 4.78 is 16.3. The number of benzene rings is 1. The molecule has 1 aromatic carbocycles. The van der Waals surface area contributed by atoms with E-state index in [9.17, 15) is 4.39 Å². The van der Waals surface area contributed by atoms with Gasteiger partial charge in [0.25, 0.3) is 0 Å². The molecule has 2 rings (SSSR count). The maximum absolute atomic E-state index is 14.2. The van der Waals surface area contributed by atoms with E-state index in [-0.39, 0.29) is 11.9 Å². The Kier molecular flexibility index (Phi) is 4.08. The van der Waals surface area contributed by atoms with E-state index < -0.39 is 0 Å². The summed E-state index contributed by atoms with van der Waals surface area (Å²) in [6.07, 6.45) is 1.65. The Morgan fingerprint density at radius 3 is 2.89 bits per heavy atom. The SMILES string of the molecule is CCNC(c1cccc(Br)c1F)c1cnnn1C. The zero-order valence-corrected chi connectivity index (χ0v) is 11.8. The van der Waals surface area contributed by atoms with Crippen molar-refractivity contribution in [3.8, 4) is 0 Å². The fraction of sp³-hybridized carbons (Fsp3) is 0.333. The number of nitrogens with one attached hydrogen (secondary N) is 1. The number of hydrogen-bond donors (Lipinski definition) is 1. The molecule has 1 atom stereocenters. The Bertz CT molecular complexity index is 541. The molecule has 0 saturated heterocycles. The fourth-order valence-corrected chi connectivity index (χ4v) is 2.26. The first-order chi connectivity index (χ1) is 8.65. The van der Waals surface area contributed by atoms with Crippen LogP contribution in [0.1, 0.15) is 24.2 Å². The van der Waals surface area contributed by atoms with Gasteiger partial charge in [-0.25, -0.2) is 4.39 Å². The lowest BCUT2D eigenvalue weighted by atomic mass is 10.0. The summed E-state index contributed by atoms with van der Waals surface area (Å²) in [5, 5.41) is 11.0. The Labute approximate surface area is 113 Å². The second kappa shape index (κ2) is 5.58. The van der Waals surface area contributed by atoms with Crippen LogP contribution >= 0.6 is 15.9 Å². The molecule has 96 valence electrons. The minimum Gasteiger partial charge on any atom is -0.305 e. The van der Waals surface area contributed by atoms with Gasteiger partial charge in [-0.1, -0.05) is 24.3 Å². The van der Waals surface area contributed by atoms with Crippen LogP contribution in [0.5, 0.6) is 0 Å². The van der Waals surface area contributed by atoms with Crippen molar-refractivity contribution in [3.63, 3.8) is 0 Å². The average Bonchev–Trinajstić information content (AvgIpc) is 2.76. The van der Waals surface area contributed by atoms with Crippen LogP contribution in [-0.4, -0.2) is 21.5 Å². The van der Waals surface area contributed by atoms with Crippen molar-refractivity contribution in [2.45, 2.75) is 13.0 Å². The van der Waals surface area contributed by atoms with E-state index in [2.05, 4.69) is 31.6 Å². The smallest absolute Gasteiger partial charge is 0.142 e. The lowest BCUT2D eigenvalue weighted by Crippen LogP contribution is -2.25. The third kappa shape index (κ3) is 2.44. The number of hydrogen-bond acceptors (Lipinski definition) is 3. The highest BCUT2D eigenvalue weighted by molar-refractivity contribution is 9.10. The molecular weight excluding hydrogens is 299 g/mol. The number of rotatable bonds is 4. The van der Waals surface area contributed by atoms with Crippen LogP contribution in [0.3, 0.4) is 0 Å². The van der Waals surface area contributed by atoms with Crippen molar-refractivity contribution in [2.75, 3.05) is 6.54 Å². The van der Waals surface area contributed by atoms with Crippen LogP contribution in [0.25, 0.3) is 0 Å². The van der Waals surface area contributed by atoms with Crippen LogP contribution in [0.15, 0.2) is 28.9 Å². The first-order valence-electron chi connectivity index (χ1n) is 5.67. The van der Waals surface area contributed by atoms with Gasteiger partial charge >= 0.3 is 0 Å². The van der Waals surface area contributed by atoms with Crippen LogP contribution in [0, 0.1) is 5.82 Å². The fourth-order valence-electron chi connectivity index (χ4n) is 1.88. The van der Waals surface area contributed by atoms with E-state index in [1.165, 1.54) is 0 Å². The van der Waals surface area contributed by atoms with Crippen LogP contribution < -0.4 is 5.32 Å². The van der Waals surface area contributed by atoms with E-state index >= 15 is 0 Å². The van der Waals surface area contributed by atoms with Crippen molar-refractivity contribution in [3.05, 3.63) is 45.9 Å². The van der Waals surface area contributed by atoms with Gasteiger partial charge in [0.15, 0.2) is 0 Å². The molecule has 2 aromatic rings. The maximum Gasteiger partial charge on any atom is 0.142 e. The third-order valence-corrected chi connectivity index (χ3v) is 3.36. The Balaban J connectivity index is 2.48. The van der Waals surface area contributed by atoms with Crippen molar-refractivity contribution in [2.24, 2.45) is 7.05 Å². The summed E-state index contributed by atoms with van der Waals surface area (Å²) in [7, 11) is 1.79. The highest BCUT2D eigenvalue weighted by atomic mass is 79.9. The van der Waals surface area contributed by atoms with Gasteiger partial charge in [0, 0.05) is 12.6 Å². The van der Waals surface area contributed by atoms with Gasteiger partial charge in [-0.15, -0.1) is 5.10 Å². The second-order valence-corrected chi connectivity index (χ2v) is 4.77. The van der Waals surface area contributed by atoms with E-state index in [1.807, 2.05) is 13.0 Å². The van der Waals surface area contributed by atoms with Crippen molar-refractivity contribution in [1.29, 1.82) is 0 Å². The molecule has 1 aromatic heterocycles. The zero-order chi connectivity index (χ0) is 13.1. The summed E-state index contributed by atoms with van der Waals surface area (Å²) in [6, 6.07) is 5.01. The molecule has 4 nitrogen and oxygen atoms in total. The van der Waals surface area contributed by atoms with Crippen molar-refractivity contribution < 1.29 is 4.39 Å². The summed E-state index contributed by atoms with van der Waals surface area (Å²) >= 11 is 3.21.